The van der Waals surface area contributed by atoms with Gasteiger partial charge in [-0.2, -0.15) is 5.10 Å². The van der Waals surface area contributed by atoms with Gasteiger partial charge in [-0.15, -0.1) is 10.2 Å². The van der Waals surface area contributed by atoms with E-state index in [4.69, 9.17) is 0 Å². The monoisotopic (exact) mass is 212 g/mol. The Morgan fingerprint density at radius 2 is 2.00 bits per heavy atom. The van der Waals surface area contributed by atoms with E-state index in [-0.39, 0.29) is 0 Å². The Balaban J connectivity index is 2.50. The smallest absolute Gasteiger partial charge is 0.152 e. The minimum absolute atomic E-state index is 0.831. The lowest BCUT2D eigenvalue weighted by Crippen LogP contribution is -2.05. The van der Waals surface area contributed by atoms with E-state index in [1.807, 2.05) is 29.7 Å². The number of hydrogen-bond acceptors (Lipinski definition) is 3. The molecule has 0 radical (unpaired) electrons. The standard InChI is InChI=1S/C12H12N4/c1-3-11-14-13-10-7-5-4-6-9-8(2)15-16(11)12(9)10/h4-7H,3H2,1-2H3. The lowest BCUT2D eigenvalue weighted by atomic mass is 10.2. The lowest BCUT2D eigenvalue weighted by molar-refractivity contribution is 0.755. The highest BCUT2D eigenvalue weighted by atomic mass is 15.3. The molecule has 0 atom stereocenters. The van der Waals surface area contributed by atoms with Crippen molar-refractivity contribution in [3.8, 4) is 0 Å². The maximum Gasteiger partial charge on any atom is 0.152 e. The van der Waals surface area contributed by atoms with Gasteiger partial charge in [0.1, 0.15) is 11.2 Å². The molecule has 0 saturated carbocycles. The van der Waals surface area contributed by atoms with E-state index in [0.29, 0.717) is 0 Å². The molecule has 2 aromatic heterocycles. The molecule has 4 heteroatoms. The van der Waals surface area contributed by atoms with E-state index in [2.05, 4.69) is 28.3 Å². The first-order valence-corrected chi connectivity index (χ1v) is 5.41. The molecule has 0 amide bonds. The van der Waals surface area contributed by atoms with Crippen molar-refractivity contribution in [2.24, 2.45) is 0 Å². The second-order valence-electron chi connectivity index (χ2n) is 3.83. The third-order valence-electron chi connectivity index (χ3n) is 2.81. The minimum atomic E-state index is 0.831. The molecule has 80 valence electrons. The average Bonchev–Trinajstić information content (AvgIpc) is 2.50. The number of nitrogens with zero attached hydrogens (tertiary/aromatic N) is 4. The van der Waals surface area contributed by atoms with E-state index in [0.717, 1.165) is 34.7 Å². The van der Waals surface area contributed by atoms with Gasteiger partial charge in [-0.1, -0.05) is 25.2 Å². The zero-order chi connectivity index (χ0) is 11.1. The molecule has 0 saturated heterocycles. The molecule has 0 aromatic carbocycles. The normalized spacial score (nSPS) is 13.4. The van der Waals surface area contributed by atoms with Crippen LogP contribution in [0.2, 0.25) is 0 Å². The highest BCUT2D eigenvalue weighted by Crippen LogP contribution is 2.23. The number of aromatic nitrogens is 4. The van der Waals surface area contributed by atoms with Crippen LogP contribution in [0.15, 0.2) is 12.2 Å². The van der Waals surface area contributed by atoms with Gasteiger partial charge in [0.25, 0.3) is 0 Å². The Morgan fingerprint density at radius 1 is 1.19 bits per heavy atom. The van der Waals surface area contributed by atoms with Crippen molar-refractivity contribution in [3.05, 3.63) is 34.9 Å². The van der Waals surface area contributed by atoms with Crippen LogP contribution in [0.3, 0.4) is 0 Å². The fraction of sp³-hybridized carbons (Fsp3) is 0.250. The van der Waals surface area contributed by atoms with E-state index < -0.39 is 0 Å². The summed E-state index contributed by atoms with van der Waals surface area (Å²) in [4.78, 5) is 0. The van der Waals surface area contributed by atoms with Crippen molar-refractivity contribution in [1.29, 1.82) is 0 Å². The maximum absolute atomic E-state index is 4.53. The molecule has 0 fully saturated rings. The summed E-state index contributed by atoms with van der Waals surface area (Å²) in [6.07, 6.45) is 8.87. The first-order valence-electron chi connectivity index (χ1n) is 5.41. The summed E-state index contributed by atoms with van der Waals surface area (Å²) in [5, 5.41) is 13.0. The molecule has 4 nitrogen and oxygen atoms in total. The van der Waals surface area contributed by atoms with Crippen molar-refractivity contribution < 1.29 is 0 Å². The van der Waals surface area contributed by atoms with Gasteiger partial charge in [0, 0.05) is 12.0 Å². The van der Waals surface area contributed by atoms with Crippen molar-refractivity contribution in [2.75, 3.05) is 0 Å². The Bertz CT molecular complexity index is 619. The summed E-state index contributed by atoms with van der Waals surface area (Å²) < 4.78 is 1.91. The van der Waals surface area contributed by atoms with Gasteiger partial charge < -0.3 is 0 Å². The summed E-state index contributed by atoms with van der Waals surface area (Å²) in [7, 11) is 0. The Kier molecular flexibility index (Phi) is 1.89. The molecule has 0 bridgehead atoms. The fourth-order valence-corrected chi connectivity index (χ4v) is 2.00. The van der Waals surface area contributed by atoms with Gasteiger partial charge in [-0.05, 0) is 13.0 Å². The SMILES string of the molecule is CCc1nnc2c3c(c(C)nn13)C=CC=C2. The van der Waals surface area contributed by atoms with Crippen LogP contribution in [0.1, 0.15) is 29.7 Å². The molecule has 1 aliphatic carbocycles. The van der Waals surface area contributed by atoms with E-state index in [9.17, 15) is 0 Å². The maximum atomic E-state index is 4.53. The largest absolute Gasteiger partial charge is 0.214 e. The number of rotatable bonds is 1. The van der Waals surface area contributed by atoms with Gasteiger partial charge in [-0.25, -0.2) is 4.52 Å². The van der Waals surface area contributed by atoms with Crippen molar-refractivity contribution in [2.45, 2.75) is 20.3 Å². The highest BCUT2D eigenvalue weighted by molar-refractivity contribution is 5.81. The summed E-state index contributed by atoms with van der Waals surface area (Å²) in [6, 6.07) is 0. The Morgan fingerprint density at radius 3 is 2.81 bits per heavy atom. The van der Waals surface area contributed by atoms with Crippen LogP contribution in [-0.2, 0) is 6.42 Å². The zero-order valence-corrected chi connectivity index (χ0v) is 9.31. The van der Waals surface area contributed by atoms with Crippen molar-refractivity contribution in [1.82, 2.24) is 19.8 Å². The molecule has 0 N–H and O–H groups in total. The van der Waals surface area contributed by atoms with Crippen LogP contribution in [0.25, 0.3) is 17.7 Å². The molecular formula is C12H12N4. The van der Waals surface area contributed by atoms with E-state index in [1.165, 1.54) is 0 Å². The Hall–Kier alpha value is -1.97. The van der Waals surface area contributed by atoms with Crippen LogP contribution >= 0.6 is 0 Å². The first kappa shape index (κ1) is 9.27. The predicted octanol–water partition coefficient (Wildman–Crippen LogP) is 2.04. The van der Waals surface area contributed by atoms with Crippen LogP contribution in [0.4, 0.5) is 0 Å². The van der Waals surface area contributed by atoms with E-state index in [1.54, 1.807) is 0 Å². The minimum Gasteiger partial charge on any atom is -0.214 e. The number of aryl methyl sites for hydroxylation is 2. The number of hydrogen-bond donors (Lipinski definition) is 0. The van der Waals surface area contributed by atoms with Gasteiger partial charge in [-0.3, -0.25) is 0 Å². The first-order chi connectivity index (χ1) is 7.81. The summed E-state index contributed by atoms with van der Waals surface area (Å²) >= 11 is 0. The molecule has 1 aliphatic rings. The summed E-state index contributed by atoms with van der Waals surface area (Å²) in [5.74, 6) is 0.900. The molecule has 0 unspecified atom stereocenters. The second kappa shape index (κ2) is 3.27. The summed E-state index contributed by atoms with van der Waals surface area (Å²) in [5.41, 5.74) is 4.11. The molecule has 16 heavy (non-hydrogen) atoms. The average molecular weight is 212 g/mol. The quantitative estimate of drug-likeness (QED) is 0.726. The van der Waals surface area contributed by atoms with Gasteiger partial charge >= 0.3 is 0 Å². The predicted molar refractivity (Wildman–Crippen MR) is 63.0 cm³/mol. The summed E-state index contributed by atoms with van der Waals surface area (Å²) in [6.45, 7) is 4.08. The highest BCUT2D eigenvalue weighted by Gasteiger charge is 2.15. The van der Waals surface area contributed by atoms with Crippen molar-refractivity contribution >= 4 is 17.7 Å². The third-order valence-corrected chi connectivity index (χ3v) is 2.81. The van der Waals surface area contributed by atoms with E-state index >= 15 is 0 Å². The molecule has 0 aliphatic heterocycles. The van der Waals surface area contributed by atoms with Crippen molar-refractivity contribution in [3.63, 3.8) is 0 Å². The van der Waals surface area contributed by atoms with Crippen LogP contribution < -0.4 is 0 Å². The molecule has 2 aromatic rings. The van der Waals surface area contributed by atoms with Gasteiger partial charge in [0.05, 0.1) is 5.69 Å². The molecule has 3 rings (SSSR count). The van der Waals surface area contributed by atoms with Crippen LogP contribution in [-0.4, -0.2) is 19.8 Å². The Labute approximate surface area is 93.3 Å². The molecule has 0 spiro atoms. The van der Waals surface area contributed by atoms with Crippen LogP contribution in [0.5, 0.6) is 0 Å². The fourth-order valence-electron chi connectivity index (χ4n) is 2.00. The second-order valence-corrected chi connectivity index (χ2v) is 3.83. The zero-order valence-electron chi connectivity index (χ0n) is 9.31. The van der Waals surface area contributed by atoms with Crippen LogP contribution in [0, 0.1) is 6.92 Å². The molecular weight excluding hydrogens is 200 g/mol. The molecule has 2 heterocycles. The third kappa shape index (κ3) is 1.13. The number of allylic oxidation sites excluding steroid dienone is 2. The van der Waals surface area contributed by atoms with Gasteiger partial charge in [0.15, 0.2) is 5.82 Å². The topological polar surface area (TPSA) is 43.1 Å². The van der Waals surface area contributed by atoms with Gasteiger partial charge in [0.2, 0.25) is 0 Å². The lowest BCUT2D eigenvalue weighted by Gasteiger charge is -2.02.